The van der Waals surface area contributed by atoms with Crippen LogP contribution in [0.15, 0.2) is 67.0 Å². The topological polar surface area (TPSA) is 46.9 Å². The molecule has 4 aromatic rings. The van der Waals surface area contributed by atoms with Gasteiger partial charge >= 0.3 is 0 Å². The Hall–Kier alpha value is -3.14. The summed E-state index contributed by atoms with van der Waals surface area (Å²) < 4.78 is 2.10. The number of benzene rings is 2. The minimum atomic E-state index is -0.0985. The van der Waals surface area contributed by atoms with Crippen LogP contribution in [0.4, 0.5) is 5.69 Å². The molecular weight excluding hydrogens is 334 g/mol. The summed E-state index contributed by atoms with van der Waals surface area (Å²) in [6, 6.07) is 17.9. The molecule has 4 rings (SSSR count). The zero-order valence-corrected chi connectivity index (χ0v) is 15.5. The average Bonchev–Trinajstić information content (AvgIpc) is 3.08. The quantitative estimate of drug-likeness (QED) is 0.454. The van der Waals surface area contributed by atoms with E-state index >= 15 is 0 Å². The molecule has 0 fully saturated rings. The van der Waals surface area contributed by atoms with Gasteiger partial charge in [0, 0.05) is 35.4 Å². The molecule has 0 radical (unpaired) electrons. The number of aromatic nitrogens is 2. The Balaban J connectivity index is 1.68. The molecular formula is C23H23N3O. The molecule has 2 aromatic carbocycles. The molecule has 0 saturated heterocycles. The third kappa shape index (κ3) is 3.43. The van der Waals surface area contributed by atoms with Gasteiger partial charge in [-0.1, -0.05) is 56.2 Å². The molecule has 0 saturated carbocycles. The Morgan fingerprint density at radius 3 is 2.70 bits per heavy atom. The standard InChI is InChI=1S/C23H23N3O/c1-2-3-6-15-26-16-20(19-12-8-14-24-22(19)26)23(27)25-21-13-7-10-17-9-4-5-11-18(17)21/h4-5,7-14,16H,2-3,6,15H2,1H3,(H,25,27). The van der Waals surface area contributed by atoms with Crippen LogP contribution >= 0.6 is 0 Å². The third-order valence-corrected chi connectivity index (χ3v) is 4.92. The highest BCUT2D eigenvalue weighted by atomic mass is 16.1. The molecule has 1 amide bonds. The zero-order chi connectivity index (χ0) is 18.6. The Bertz CT molecular complexity index is 1090. The van der Waals surface area contributed by atoms with Crippen LogP contribution in [0.2, 0.25) is 0 Å². The SMILES string of the molecule is CCCCCn1cc(C(=O)Nc2cccc3ccccc23)c2cccnc21. The van der Waals surface area contributed by atoms with Crippen molar-refractivity contribution < 1.29 is 4.79 Å². The first kappa shape index (κ1) is 17.3. The normalized spacial score (nSPS) is 11.1. The van der Waals surface area contributed by atoms with E-state index in [0.29, 0.717) is 5.56 Å². The van der Waals surface area contributed by atoms with E-state index in [2.05, 4.69) is 33.9 Å². The van der Waals surface area contributed by atoms with Crippen molar-refractivity contribution in [1.29, 1.82) is 0 Å². The molecule has 0 spiro atoms. The van der Waals surface area contributed by atoms with Gasteiger partial charge in [-0.15, -0.1) is 0 Å². The summed E-state index contributed by atoms with van der Waals surface area (Å²) in [6.45, 7) is 3.07. The molecule has 2 heterocycles. The van der Waals surface area contributed by atoms with Crippen LogP contribution < -0.4 is 5.32 Å². The van der Waals surface area contributed by atoms with Gasteiger partial charge in [-0.2, -0.15) is 0 Å². The van der Waals surface area contributed by atoms with Crippen molar-refractivity contribution in [2.45, 2.75) is 32.7 Å². The van der Waals surface area contributed by atoms with Gasteiger partial charge in [0.25, 0.3) is 5.91 Å². The largest absolute Gasteiger partial charge is 0.332 e. The first-order valence-electron chi connectivity index (χ1n) is 9.51. The monoisotopic (exact) mass is 357 g/mol. The zero-order valence-electron chi connectivity index (χ0n) is 15.5. The number of aryl methyl sites for hydroxylation is 1. The number of fused-ring (bicyclic) bond motifs is 2. The molecule has 0 aliphatic rings. The van der Waals surface area contributed by atoms with Crippen LogP contribution in [0, 0.1) is 0 Å². The number of pyridine rings is 1. The fourth-order valence-electron chi connectivity index (χ4n) is 3.53. The lowest BCUT2D eigenvalue weighted by molar-refractivity contribution is 0.102. The number of hydrogen-bond donors (Lipinski definition) is 1. The Morgan fingerprint density at radius 2 is 1.81 bits per heavy atom. The van der Waals surface area contributed by atoms with E-state index in [1.54, 1.807) is 6.20 Å². The van der Waals surface area contributed by atoms with Crippen molar-refractivity contribution in [2.24, 2.45) is 0 Å². The summed E-state index contributed by atoms with van der Waals surface area (Å²) in [6.07, 6.45) is 7.14. The summed E-state index contributed by atoms with van der Waals surface area (Å²) >= 11 is 0. The maximum absolute atomic E-state index is 13.1. The van der Waals surface area contributed by atoms with Gasteiger partial charge in [-0.3, -0.25) is 4.79 Å². The lowest BCUT2D eigenvalue weighted by Crippen LogP contribution is -2.11. The van der Waals surface area contributed by atoms with Crippen LogP contribution in [-0.2, 0) is 6.54 Å². The number of rotatable bonds is 6. The highest BCUT2D eigenvalue weighted by Gasteiger charge is 2.16. The number of anilines is 1. The molecule has 27 heavy (non-hydrogen) atoms. The second-order valence-electron chi connectivity index (χ2n) is 6.80. The third-order valence-electron chi connectivity index (χ3n) is 4.92. The van der Waals surface area contributed by atoms with Gasteiger partial charge in [-0.25, -0.2) is 4.98 Å². The average molecular weight is 357 g/mol. The molecule has 4 heteroatoms. The summed E-state index contributed by atoms with van der Waals surface area (Å²) in [5.74, 6) is -0.0985. The maximum atomic E-state index is 13.1. The van der Waals surface area contributed by atoms with Crippen molar-refractivity contribution in [2.75, 3.05) is 5.32 Å². The molecule has 0 atom stereocenters. The first-order valence-corrected chi connectivity index (χ1v) is 9.51. The fourth-order valence-corrected chi connectivity index (χ4v) is 3.53. The highest BCUT2D eigenvalue weighted by molar-refractivity contribution is 6.14. The Kier molecular flexibility index (Phi) is 4.88. The van der Waals surface area contributed by atoms with Crippen molar-refractivity contribution in [3.63, 3.8) is 0 Å². The molecule has 0 aliphatic carbocycles. The van der Waals surface area contributed by atoms with Gasteiger partial charge in [0.15, 0.2) is 0 Å². The van der Waals surface area contributed by atoms with E-state index in [-0.39, 0.29) is 5.91 Å². The van der Waals surface area contributed by atoms with E-state index in [9.17, 15) is 4.79 Å². The lowest BCUT2D eigenvalue weighted by atomic mass is 10.1. The summed E-state index contributed by atoms with van der Waals surface area (Å²) in [5, 5.41) is 6.14. The number of carbonyl (C=O) groups is 1. The number of hydrogen-bond acceptors (Lipinski definition) is 2. The summed E-state index contributed by atoms with van der Waals surface area (Å²) in [4.78, 5) is 17.6. The van der Waals surface area contributed by atoms with Crippen molar-refractivity contribution in [3.8, 4) is 0 Å². The van der Waals surface area contributed by atoms with Gasteiger partial charge < -0.3 is 9.88 Å². The Labute approximate surface area is 158 Å². The second-order valence-corrected chi connectivity index (χ2v) is 6.80. The minimum absolute atomic E-state index is 0.0985. The van der Waals surface area contributed by atoms with E-state index in [1.165, 1.54) is 12.8 Å². The van der Waals surface area contributed by atoms with Crippen molar-refractivity contribution in [1.82, 2.24) is 9.55 Å². The van der Waals surface area contributed by atoms with E-state index < -0.39 is 0 Å². The minimum Gasteiger partial charge on any atom is -0.332 e. The van der Waals surface area contributed by atoms with E-state index in [0.717, 1.165) is 40.5 Å². The summed E-state index contributed by atoms with van der Waals surface area (Å²) in [7, 11) is 0. The molecule has 2 aromatic heterocycles. The predicted molar refractivity (Wildman–Crippen MR) is 111 cm³/mol. The molecule has 0 aliphatic heterocycles. The number of amides is 1. The van der Waals surface area contributed by atoms with E-state index in [1.807, 2.05) is 48.7 Å². The lowest BCUT2D eigenvalue weighted by Gasteiger charge is -2.08. The van der Waals surface area contributed by atoms with Crippen molar-refractivity contribution in [3.05, 3.63) is 72.6 Å². The number of nitrogens with one attached hydrogen (secondary N) is 1. The molecule has 1 N–H and O–H groups in total. The first-order chi connectivity index (χ1) is 13.3. The van der Waals surface area contributed by atoms with Crippen LogP contribution in [0.25, 0.3) is 21.8 Å². The van der Waals surface area contributed by atoms with Gasteiger partial charge in [-0.05, 0) is 30.0 Å². The Morgan fingerprint density at radius 1 is 1.00 bits per heavy atom. The number of unbranched alkanes of at least 4 members (excludes halogenated alkanes) is 2. The van der Waals surface area contributed by atoms with E-state index in [4.69, 9.17) is 0 Å². The maximum Gasteiger partial charge on any atom is 0.257 e. The van der Waals surface area contributed by atoms with Gasteiger partial charge in [0.1, 0.15) is 5.65 Å². The number of nitrogens with zero attached hydrogens (tertiary/aromatic N) is 2. The highest BCUT2D eigenvalue weighted by Crippen LogP contribution is 2.25. The number of carbonyl (C=O) groups excluding carboxylic acids is 1. The molecule has 0 bridgehead atoms. The predicted octanol–water partition coefficient (Wildman–Crippen LogP) is 5.63. The van der Waals surface area contributed by atoms with Gasteiger partial charge in [0.05, 0.1) is 5.56 Å². The molecule has 136 valence electrons. The van der Waals surface area contributed by atoms with Crippen molar-refractivity contribution >= 4 is 33.4 Å². The summed E-state index contributed by atoms with van der Waals surface area (Å²) in [5.41, 5.74) is 2.37. The van der Waals surface area contributed by atoms with Crippen LogP contribution in [0.3, 0.4) is 0 Å². The fraction of sp³-hybridized carbons (Fsp3) is 0.217. The van der Waals surface area contributed by atoms with Crippen LogP contribution in [0.1, 0.15) is 36.5 Å². The van der Waals surface area contributed by atoms with Crippen LogP contribution in [0.5, 0.6) is 0 Å². The van der Waals surface area contributed by atoms with Gasteiger partial charge in [0.2, 0.25) is 0 Å². The smallest absolute Gasteiger partial charge is 0.257 e. The molecule has 4 nitrogen and oxygen atoms in total. The van der Waals surface area contributed by atoms with Crippen LogP contribution in [-0.4, -0.2) is 15.5 Å². The molecule has 0 unspecified atom stereocenters. The second kappa shape index (κ2) is 7.62.